The van der Waals surface area contributed by atoms with E-state index in [9.17, 15) is 0 Å². The minimum atomic E-state index is -4.94. The van der Waals surface area contributed by atoms with Crippen molar-refractivity contribution in [3.63, 3.8) is 0 Å². The van der Waals surface area contributed by atoms with Crippen molar-refractivity contribution < 1.29 is 47.8 Å². The van der Waals surface area contributed by atoms with Crippen molar-refractivity contribution >= 4 is 22.6 Å². The van der Waals surface area contributed by atoms with Gasteiger partial charge in [0.05, 0.1) is 18.6 Å². The third-order valence-corrected chi connectivity index (χ3v) is 3.96. The molecule has 0 saturated carbocycles. The van der Waals surface area contributed by atoms with Crippen molar-refractivity contribution in [3.8, 4) is 17.1 Å². The molecule has 10 heteroatoms. The molecule has 0 bridgehead atoms. The first-order valence-corrected chi connectivity index (χ1v) is 9.88. The molecule has 1 heterocycles. The fraction of sp³-hybridized carbons (Fsp3) is 0.211. The summed E-state index contributed by atoms with van der Waals surface area (Å²) >= 11 is 6.13. The number of rotatable bonds is 5. The molecule has 3 rings (SSSR count). The lowest BCUT2D eigenvalue weighted by Gasteiger charge is -2.17. The second kappa shape index (κ2) is 10.6. The Bertz CT molecular complexity index is 992. The van der Waals surface area contributed by atoms with Gasteiger partial charge < -0.3 is 13.9 Å². The summed E-state index contributed by atoms with van der Waals surface area (Å²) in [6, 6.07) is 15.3. The maximum Gasteiger partial charge on any atom is 0.213 e. The number of hydrogen-bond acceptors (Lipinski definition) is 7. The second-order valence-corrected chi connectivity index (χ2v) is 6.88. The zero-order chi connectivity index (χ0) is 21.4. The Morgan fingerprint density at radius 2 is 1.66 bits per heavy atom. The lowest BCUT2D eigenvalue weighted by molar-refractivity contribution is -2.00. The lowest BCUT2D eigenvalue weighted by Crippen LogP contribution is -2.77. The van der Waals surface area contributed by atoms with E-state index in [1.54, 1.807) is 14.2 Å². The number of halogens is 2. The fourth-order valence-corrected chi connectivity index (χ4v) is 2.66. The Morgan fingerprint density at radius 1 is 1.00 bits per heavy atom. The van der Waals surface area contributed by atoms with Gasteiger partial charge >= 0.3 is 0 Å². The minimum absolute atomic E-state index is 0.617. The van der Waals surface area contributed by atoms with Gasteiger partial charge in [-0.3, -0.25) is 0 Å². The molecule has 1 N–H and O–H groups in total. The minimum Gasteiger partial charge on any atom is -0.497 e. The summed E-state index contributed by atoms with van der Waals surface area (Å²) in [5.41, 5.74) is 1.75. The SMILES string of the molecule is COCC[NH+]=c1cc(-c2ccc(OC)cc2)oc2ccc(Cl)cc12.[O-][Cl+3]([O-])([O-])[O-]. The molecule has 0 saturated heterocycles. The van der Waals surface area contributed by atoms with Crippen LogP contribution < -0.4 is 33.7 Å². The first-order chi connectivity index (χ1) is 13.7. The summed E-state index contributed by atoms with van der Waals surface area (Å²) in [5, 5.41) is 2.57. The van der Waals surface area contributed by atoms with E-state index in [4.69, 9.17) is 44.1 Å². The Morgan fingerprint density at radius 3 is 2.24 bits per heavy atom. The van der Waals surface area contributed by atoms with Crippen LogP contribution in [-0.2, 0) is 4.74 Å². The first kappa shape index (κ1) is 23.1. The highest BCUT2D eigenvalue weighted by Crippen LogP contribution is 2.25. The van der Waals surface area contributed by atoms with Crippen LogP contribution in [0.25, 0.3) is 22.3 Å². The average molecular weight is 444 g/mol. The van der Waals surface area contributed by atoms with Gasteiger partial charge in [-0.25, -0.2) is 23.6 Å². The average Bonchev–Trinajstić information content (AvgIpc) is 2.67. The van der Waals surface area contributed by atoms with Crippen LogP contribution in [0.3, 0.4) is 0 Å². The predicted octanol–water partition coefficient (Wildman–Crippen LogP) is -2.37. The molecule has 0 spiro atoms. The van der Waals surface area contributed by atoms with E-state index < -0.39 is 10.2 Å². The smallest absolute Gasteiger partial charge is 0.213 e. The maximum absolute atomic E-state index is 8.49. The fourth-order valence-electron chi connectivity index (χ4n) is 2.49. The third-order valence-electron chi connectivity index (χ3n) is 3.72. The van der Waals surface area contributed by atoms with Crippen molar-refractivity contribution in [2.24, 2.45) is 0 Å². The molecule has 0 amide bonds. The summed E-state index contributed by atoms with van der Waals surface area (Å²) in [5.74, 6) is 1.58. The topological polar surface area (TPSA) is 138 Å². The molecule has 156 valence electrons. The summed E-state index contributed by atoms with van der Waals surface area (Å²) in [6.45, 7) is 1.32. The molecule has 0 fully saturated rings. The van der Waals surface area contributed by atoms with E-state index in [2.05, 4.69) is 4.99 Å². The van der Waals surface area contributed by atoms with Gasteiger partial charge in [0.25, 0.3) is 0 Å². The van der Waals surface area contributed by atoms with Crippen LogP contribution in [0.4, 0.5) is 0 Å². The van der Waals surface area contributed by atoms with Gasteiger partial charge in [-0.1, -0.05) is 11.6 Å². The van der Waals surface area contributed by atoms with Crippen molar-refractivity contribution in [1.82, 2.24) is 0 Å². The van der Waals surface area contributed by atoms with Gasteiger partial charge in [0.1, 0.15) is 23.7 Å². The molecular weight excluding hydrogens is 425 g/mol. The van der Waals surface area contributed by atoms with Crippen LogP contribution in [-0.4, -0.2) is 27.4 Å². The summed E-state index contributed by atoms with van der Waals surface area (Å²) < 4.78 is 50.3. The van der Waals surface area contributed by atoms with Crippen molar-refractivity contribution in [2.45, 2.75) is 0 Å². The Balaban J connectivity index is 0.000000537. The molecular formula is C19H19Cl2NO7. The normalized spacial score (nSPS) is 11.9. The van der Waals surface area contributed by atoms with Crippen LogP contribution in [0.5, 0.6) is 5.75 Å². The van der Waals surface area contributed by atoms with Crippen LogP contribution in [0.2, 0.25) is 5.02 Å². The van der Waals surface area contributed by atoms with Gasteiger partial charge in [-0.2, -0.15) is 0 Å². The van der Waals surface area contributed by atoms with Gasteiger partial charge in [-0.05, 0) is 42.5 Å². The third kappa shape index (κ3) is 7.64. The standard InChI is InChI=1S/C19H18ClNO3.ClHO4/c1-22-10-9-21-17-12-19(13-3-6-15(23-2)7-4-13)24-18-8-5-14(20)11-16(17)18;2-1(3,4)5/h3-8,11-12H,9-10H2,1-2H3;(H,2,3,4,5). The largest absolute Gasteiger partial charge is 0.497 e. The van der Waals surface area contributed by atoms with E-state index in [-0.39, 0.29) is 0 Å². The lowest BCUT2D eigenvalue weighted by atomic mass is 10.1. The predicted molar refractivity (Wildman–Crippen MR) is 94.1 cm³/mol. The van der Waals surface area contributed by atoms with Crippen molar-refractivity contribution in [3.05, 3.63) is 58.9 Å². The van der Waals surface area contributed by atoms with Crippen LogP contribution in [0, 0.1) is 10.2 Å². The number of methoxy groups -OCH3 is 2. The Hall–Kier alpha value is -2.17. The zero-order valence-corrected chi connectivity index (χ0v) is 17.2. The van der Waals surface area contributed by atoms with Gasteiger partial charge in [0.2, 0.25) is 5.36 Å². The van der Waals surface area contributed by atoms with E-state index in [0.717, 1.165) is 33.4 Å². The highest BCUT2D eigenvalue weighted by atomic mass is 35.7. The number of ether oxygens (including phenoxy) is 2. The molecule has 8 nitrogen and oxygen atoms in total. The van der Waals surface area contributed by atoms with E-state index in [1.807, 2.05) is 48.5 Å². The molecule has 1 aromatic heterocycles. The summed E-state index contributed by atoms with van der Waals surface area (Å²) in [4.78, 5) is 3.38. The number of fused-ring (bicyclic) bond motifs is 1. The van der Waals surface area contributed by atoms with E-state index >= 15 is 0 Å². The molecule has 3 aromatic rings. The monoisotopic (exact) mass is 443 g/mol. The van der Waals surface area contributed by atoms with Crippen LogP contribution >= 0.6 is 11.6 Å². The Labute approximate surface area is 174 Å². The van der Waals surface area contributed by atoms with E-state index in [0.29, 0.717) is 18.2 Å². The van der Waals surface area contributed by atoms with Crippen LogP contribution in [0.15, 0.2) is 52.9 Å². The summed E-state index contributed by atoms with van der Waals surface area (Å²) in [7, 11) is -1.61. The number of benzene rings is 2. The summed E-state index contributed by atoms with van der Waals surface area (Å²) in [6.07, 6.45) is 0. The number of nitrogens with one attached hydrogen (secondary N) is 1. The maximum atomic E-state index is 8.49. The van der Waals surface area contributed by atoms with Crippen molar-refractivity contribution in [1.29, 1.82) is 0 Å². The molecule has 0 aliphatic rings. The molecule has 0 aliphatic carbocycles. The molecule has 0 atom stereocenters. The highest BCUT2D eigenvalue weighted by molar-refractivity contribution is 6.31. The molecule has 29 heavy (non-hydrogen) atoms. The van der Waals surface area contributed by atoms with Crippen LogP contribution in [0.1, 0.15) is 0 Å². The molecule has 0 unspecified atom stereocenters. The molecule has 2 aromatic carbocycles. The first-order valence-electron chi connectivity index (χ1n) is 8.26. The van der Waals surface area contributed by atoms with Crippen molar-refractivity contribution in [2.75, 3.05) is 27.4 Å². The number of hydrogen-bond donors (Lipinski definition) is 1. The second-order valence-electron chi connectivity index (χ2n) is 5.69. The van der Waals surface area contributed by atoms with Gasteiger partial charge in [-0.15, -0.1) is 10.2 Å². The Kier molecular flexibility index (Phi) is 8.42. The molecule has 0 radical (unpaired) electrons. The van der Waals surface area contributed by atoms with E-state index in [1.165, 1.54) is 0 Å². The van der Waals surface area contributed by atoms with Gasteiger partial charge in [0, 0.05) is 17.7 Å². The zero-order valence-electron chi connectivity index (χ0n) is 15.6. The highest BCUT2D eigenvalue weighted by Gasteiger charge is 2.10. The quantitative estimate of drug-likeness (QED) is 0.435. The molecule has 0 aliphatic heterocycles. The van der Waals surface area contributed by atoms with Gasteiger partial charge in [0.15, 0.2) is 6.54 Å².